The van der Waals surface area contributed by atoms with E-state index in [9.17, 15) is 4.79 Å². The van der Waals surface area contributed by atoms with E-state index in [0.29, 0.717) is 13.1 Å². The maximum Gasteiger partial charge on any atom is 0.244 e. The van der Waals surface area contributed by atoms with Crippen molar-refractivity contribution in [3.05, 3.63) is 71.8 Å². The van der Waals surface area contributed by atoms with E-state index < -0.39 is 6.04 Å². The fourth-order valence-corrected chi connectivity index (χ4v) is 2.34. The number of carbonyl (C=O) groups is 1. The minimum Gasteiger partial charge on any atom is -0.337 e. The zero-order chi connectivity index (χ0) is 15.1. The Morgan fingerprint density at radius 2 is 1.62 bits per heavy atom. The number of hydrogen-bond acceptors (Lipinski definition) is 2. The van der Waals surface area contributed by atoms with Gasteiger partial charge in [0, 0.05) is 13.1 Å². The van der Waals surface area contributed by atoms with E-state index >= 15 is 0 Å². The topological polar surface area (TPSA) is 46.3 Å². The molecule has 21 heavy (non-hydrogen) atoms. The standard InChI is InChI=1S/C18H22N2O/c1-2-13-20(14-15-9-5-3-6-10-15)18(21)17(19)16-11-7-4-8-12-16/h3-12,17H,2,13-14,19H2,1H3/t17-/m0/s1. The average molecular weight is 282 g/mol. The largest absolute Gasteiger partial charge is 0.337 e. The zero-order valence-electron chi connectivity index (χ0n) is 12.4. The van der Waals surface area contributed by atoms with Gasteiger partial charge < -0.3 is 10.6 Å². The summed E-state index contributed by atoms with van der Waals surface area (Å²) in [5.74, 6) is -0.0214. The maximum atomic E-state index is 12.6. The summed E-state index contributed by atoms with van der Waals surface area (Å²) in [5.41, 5.74) is 8.11. The number of nitrogens with zero attached hydrogens (tertiary/aromatic N) is 1. The molecule has 1 atom stereocenters. The fraction of sp³-hybridized carbons (Fsp3) is 0.278. The first-order chi connectivity index (χ1) is 10.2. The van der Waals surface area contributed by atoms with Gasteiger partial charge in [-0.15, -0.1) is 0 Å². The van der Waals surface area contributed by atoms with Crippen LogP contribution in [-0.2, 0) is 11.3 Å². The highest BCUT2D eigenvalue weighted by Gasteiger charge is 2.21. The van der Waals surface area contributed by atoms with Crippen molar-refractivity contribution < 1.29 is 4.79 Å². The summed E-state index contributed by atoms with van der Waals surface area (Å²) in [7, 11) is 0. The molecule has 3 nitrogen and oxygen atoms in total. The zero-order valence-corrected chi connectivity index (χ0v) is 12.4. The van der Waals surface area contributed by atoms with Crippen LogP contribution in [0.1, 0.15) is 30.5 Å². The number of hydrogen-bond donors (Lipinski definition) is 1. The molecule has 3 heteroatoms. The number of amides is 1. The van der Waals surface area contributed by atoms with E-state index in [0.717, 1.165) is 17.5 Å². The Labute approximate surface area is 126 Å². The van der Waals surface area contributed by atoms with Gasteiger partial charge in [-0.05, 0) is 17.5 Å². The van der Waals surface area contributed by atoms with Gasteiger partial charge in [0.05, 0.1) is 0 Å². The van der Waals surface area contributed by atoms with Crippen LogP contribution in [-0.4, -0.2) is 17.4 Å². The van der Waals surface area contributed by atoms with Crippen molar-refractivity contribution in [2.45, 2.75) is 25.9 Å². The summed E-state index contributed by atoms with van der Waals surface area (Å²) < 4.78 is 0. The smallest absolute Gasteiger partial charge is 0.244 e. The lowest BCUT2D eigenvalue weighted by Gasteiger charge is -2.25. The van der Waals surface area contributed by atoms with Gasteiger partial charge in [-0.1, -0.05) is 67.6 Å². The lowest BCUT2D eigenvalue weighted by molar-refractivity contribution is -0.133. The molecule has 0 aliphatic rings. The van der Waals surface area contributed by atoms with Gasteiger partial charge >= 0.3 is 0 Å². The first-order valence-electron chi connectivity index (χ1n) is 7.35. The van der Waals surface area contributed by atoms with E-state index in [1.54, 1.807) is 0 Å². The van der Waals surface area contributed by atoms with Crippen molar-refractivity contribution in [2.24, 2.45) is 5.73 Å². The number of nitrogens with two attached hydrogens (primary N) is 1. The molecular formula is C18H22N2O. The van der Waals surface area contributed by atoms with E-state index in [1.165, 1.54) is 0 Å². The predicted molar refractivity (Wildman–Crippen MR) is 85.5 cm³/mol. The van der Waals surface area contributed by atoms with Gasteiger partial charge in [-0.25, -0.2) is 0 Å². The molecule has 0 aromatic heterocycles. The maximum absolute atomic E-state index is 12.6. The second kappa shape index (κ2) is 7.60. The molecule has 0 aliphatic carbocycles. The summed E-state index contributed by atoms with van der Waals surface area (Å²) >= 11 is 0. The second-order valence-electron chi connectivity index (χ2n) is 5.13. The molecule has 0 bridgehead atoms. The van der Waals surface area contributed by atoms with Crippen LogP contribution in [0.3, 0.4) is 0 Å². The van der Waals surface area contributed by atoms with Crippen LogP contribution in [0.4, 0.5) is 0 Å². The molecule has 0 saturated carbocycles. The van der Waals surface area contributed by atoms with Crippen molar-refractivity contribution in [1.82, 2.24) is 4.90 Å². The lowest BCUT2D eigenvalue weighted by atomic mass is 10.1. The normalized spacial score (nSPS) is 11.9. The van der Waals surface area contributed by atoms with Gasteiger partial charge in [0.1, 0.15) is 6.04 Å². The van der Waals surface area contributed by atoms with Gasteiger partial charge in [0.25, 0.3) is 0 Å². The molecule has 2 N–H and O–H groups in total. The highest BCUT2D eigenvalue weighted by molar-refractivity contribution is 5.83. The summed E-state index contributed by atoms with van der Waals surface area (Å²) in [4.78, 5) is 14.5. The third kappa shape index (κ3) is 4.17. The van der Waals surface area contributed by atoms with Gasteiger partial charge in [0.15, 0.2) is 0 Å². The molecule has 0 unspecified atom stereocenters. The Morgan fingerprint density at radius 3 is 2.19 bits per heavy atom. The number of carbonyl (C=O) groups excluding carboxylic acids is 1. The second-order valence-corrected chi connectivity index (χ2v) is 5.13. The van der Waals surface area contributed by atoms with E-state index in [1.807, 2.05) is 65.6 Å². The average Bonchev–Trinajstić information content (AvgIpc) is 2.55. The van der Waals surface area contributed by atoms with Crippen LogP contribution in [0, 0.1) is 0 Å². The van der Waals surface area contributed by atoms with Crippen LogP contribution in [0.15, 0.2) is 60.7 Å². The van der Waals surface area contributed by atoms with Crippen molar-refractivity contribution in [1.29, 1.82) is 0 Å². The molecule has 2 aromatic rings. The molecule has 0 spiro atoms. The predicted octanol–water partition coefficient (Wildman–Crippen LogP) is 3.13. The molecule has 0 saturated heterocycles. The molecule has 110 valence electrons. The van der Waals surface area contributed by atoms with Crippen molar-refractivity contribution in [3.8, 4) is 0 Å². The van der Waals surface area contributed by atoms with Gasteiger partial charge in [0.2, 0.25) is 5.91 Å². The fourth-order valence-electron chi connectivity index (χ4n) is 2.34. The summed E-state index contributed by atoms with van der Waals surface area (Å²) in [6, 6.07) is 19.0. The van der Waals surface area contributed by atoms with Gasteiger partial charge in [-0.3, -0.25) is 4.79 Å². The summed E-state index contributed by atoms with van der Waals surface area (Å²) in [5, 5.41) is 0. The SMILES string of the molecule is CCCN(Cc1ccccc1)C(=O)[C@@H](N)c1ccccc1. The minimum atomic E-state index is -0.596. The van der Waals surface area contributed by atoms with Gasteiger partial charge in [-0.2, -0.15) is 0 Å². The number of rotatable bonds is 6. The molecule has 1 amide bonds. The van der Waals surface area contributed by atoms with Crippen LogP contribution in [0.2, 0.25) is 0 Å². The third-order valence-electron chi connectivity index (χ3n) is 3.45. The molecule has 0 heterocycles. The molecule has 0 radical (unpaired) electrons. The first-order valence-corrected chi connectivity index (χ1v) is 7.35. The first kappa shape index (κ1) is 15.3. The Bertz CT molecular complexity index is 554. The molecule has 0 fully saturated rings. The Balaban J connectivity index is 2.12. The van der Waals surface area contributed by atoms with Crippen molar-refractivity contribution in [3.63, 3.8) is 0 Å². The Morgan fingerprint density at radius 1 is 1.05 bits per heavy atom. The highest BCUT2D eigenvalue weighted by atomic mass is 16.2. The summed E-state index contributed by atoms with van der Waals surface area (Å²) in [6.45, 7) is 3.39. The van der Waals surface area contributed by atoms with E-state index in [-0.39, 0.29) is 5.91 Å². The third-order valence-corrected chi connectivity index (χ3v) is 3.45. The number of benzene rings is 2. The van der Waals surface area contributed by atoms with E-state index in [2.05, 4.69) is 6.92 Å². The van der Waals surface area contributed by atoms with Crippen molar-refractivity contribution >= 4 is 5.91 Å². The minimum absolute atomic E-state index is 0.0214. The molecule has 2 rings (SSSR count). The monoisotopic (exact) mass is 282 g/mol. The van der Waals surface area contributed by atoms with E-state index in [4.69, 9.17) is 5.73 Å². The Kier molecular flexibility index (Phi) is 5.52. The van der Waals surface area contributed by atoms with Crippen LogP contribution in [0.25, 0.3) is 0 Å². The van der Waals surface area contributed by atoms with Crippen LogP contribution in [0.5, 0.6) is 0 Å². The quantitative estimate of drug-likeness (QED) is 0.884. The Hall–Kier alpha value is -2.13. The van der Waals surface area contributed by atoms with Crippen LogP contribution >= 0.6 is 0 Å². The highest BCUT2D eigenvalue weighted by Crippen LogP contribution is 2.15. The molecule has 0 aliphatic heterocycles. The van der Waals surface area contributed by atoms with Crippen molar-refractivity contribution in [2.75, 3.05) is 6.54 Å². The molecular weight excluding hydrogens is 260 g/mol. The summed E-state index contributed by atoms with van der Waals surface area (Å²) in [6.07, 6.45) is 0.917. The lowest BCUT2D eigenvalue weighted by Crippen LogP contribution is -2.38. The van der Waals surface area contributed by atoms with Crippen LogP contribution < -0.4 is 5.73 Å². The molecule has 2 aromatic carbocycles.